The maximum absolute atomic E-state index is 12.3. The fourth-order valence-electron chi connectivity index (χ4n) is 2.40. The van der Waals surface area contributed by atoms with Gasteiger partial charge >= 0.3 is 0 Å². The summed E-state index contributed by atoms with van der Waals surface area (Å²) in [7, 11) is 3.93. The summed E-state index contributed by atoms with van der Waals surface area (Å²) >= 11 is 1.52. The van der Waals surface area contributed by atoms with Crippen molar-refractivity contribution in [1.29, 1.82) is 0 Å². The van der Waals surface area contributed by atoms with Crippen molar-refractivity contribution in [2.24, 2.45) is 0 Å². The molecule has 0 fully saturated rings. The van der Waals surface area contributed by atoms with E-state index in [2.05, 4.69) is 20.6 Å². The molecule has 2 N–H and O–H groups in total. The van der Waals surface area contributed by atoms with Crippen molar-refractivity contribution in [1.82, 2.24) is 20.2 Å². The van der Waals surface area contributed by atoms with Crippen LogP contribution < -0.4 is 15.4 Å². The first-order valence-corrected chi connectivity index (χ1v) is 9.73. The third-order valence-electron chi connectivity index (χ3n) is 3.76. The molecule has 3 aromatic rings. The zero-order valence-corrected chi connectivity index (χ0v) is 16.9. The van der Waals surface area contributed by atoms with Crippen LogP contribution in [0, 0.1) is 6.92 Å². The molecule has 7 nitrogen and oxygen atoms in total. The molecule has 0 atom stereocenters. The van der Waals surface area contributed by atoms with E-state index in [1.54, 1.807) is 36.5 Å². The number of carbonyl (C=O) groups is 1. The monoisotopic (exact) mass is 397 g/mol. The Labute approximate surface area is 168 Å². The summed E-state index contributed by atoms with van der Waals surface area (Å²) in [6.45, 7) is 3.32. The molecule has 0 aliphatic heterocycles. The Morgan fingerprint density at radius 1 is 1.21 bits per heavy atom. The number of rotatable bonds is 8. The van der Waals surface area contributed by atoms with Gasteiger partial charge in [-0.05, 0) is 45.3 Å². The van der Waals surface area contributed by atoms with Crippen LogP contribution in [0.4, 0.5) is 10.9 Å². The molecule has 2 aromatic heterocycles. The Morgan fingerprint density at radius 3 is 2.79 bits per heavy atom. The van der Waals surface area contributed by atoms with Crippen molar-refractivity contribution >= 4 is 28.2 Å². The number of nitrogens with zero attached hydrogens (tertiary/aromatic N) is 3. The molecule has 0 bridgehead atoms. The SMILES string of the molecule is Cc1csc(Nc2cc(Oc3cccc(C(=O)NCCN(C)C)c3)ccn2)n1. The van der Waals surface area contributed by atoms with E-state index in [0.717, 1.165) is 17.4 Å². The van der Waals surface area contributed by atoms with Crippen molar-refractivity contribution < 1.29 is 9.53 Å². The number of amides is 1. The molecule has 0 spiro atoms. The van der Waals surface area contributed by atoms with Crippen molar-refractivity contribution in [3.8, 4) is 11.5 Å². The highest BCUT2D eigenvalue weighted by atomic mass is 32.1. The Morgan fingerprint density at radius 2 is 2.04 bits per heavy atom. The molecule has 0 saturated carbocycles. The third-order valence-corrected chi connectivity index (χ3v) is 4.64. The van der Waals surface area contributed by atoms with Crippen LogP contribution in [0.25, 0.3) is 0 Å². The number of benzene rings is 1. The van der Waals surface area contributed by atoms with Gasteiger partial charge in [0, 0.05) is 36.3 Å². The lowest BCUT2D eigenvalue weighted by Gasteiger charge is -2.11. The van der Waals surface area contributed by atoms with Gasteiger partial charge in [0.15, 0.2) is 5.13 Å². The van der Waals surface area contributed by atoms with Gasteiger partial charge in [0.05, 0.1) is 5.69 Å². The summed E-state index contributed by atoms with van der Waals surface area (Å²) in [4.78, 5) is 22.9. The molecule has 146 valence electrons. The van der Waals surface area contributed by atoms with Crippen LogP contribution in [-0.4, -0.2) is 48.0 Å². The van der Waals surface area contributed by atoms with Gasteiger partial charge in [-0.2, -0.15) is 0 Å². The molecule has 28 heavy (non-hydrogen) atoms. The van der Waals surface area contributed by atoms with Crippen LogP contribution in [0.5, 0.6) is 11.5 Å². The predicted octanol–water partition coefficient (Wildman–Crippen LogP) is 3.67. The molecule has 0 aliphatic rings. The van der Waals surface area contributed by atoms with Crippen molar-refractivity contribution in [3.05, 3.63) is 59.2 Å². The second-order valence-electron chi connectivity index (χ2n) is 6.48. The van der Waals surface area contributed by atoms with Gasteiger partial charge in [-0.15, -0.1) is 11.3 Å². The second kappa shape index (κ2) is 9.29. The number of carbonyl (C=O) groups excluding carboxylic acids is 1. The van der Waals surface area contributed by atoms with Crippen molar-refractivity contribution in [2.45, 2.75) is 6.92 Å². The predicted molar refractivity (Wildman–Crippen MR) is 112 cm³/mol. The molecule has 2 heterocycles. The Balaban J connectivity index is 1.65. The number of nitrogens with one attached hydrogen (secondary N) is 2. The number of hydrogen-bond donors (Lipinski definition) is 2. The molecule has 3 rings (SSSR count). The Kier molecular flexibility index (Phi) is 6.57. The lowest BCUT2D eigenvalue weighted by atomic mass is 10.2. The van der Waals surface area contributed by atoms with Gasteiger partial charge in [0.1, 0.15) is 17.3 Å². The number of likely N-dealkylation sites (N-methyl/N-ethyl adjacent to an activating group) is 1. The van der Waals surface area contributed by atoms with Crippen LogP contribution in [0.15, 0.2) is 48.0 Å². The minimum atomic E-state index is -0.122. The normalized spacial score (nSPS) is 10.7. The molecule has 0 aliphatic carbocycles. The van der Waals surface area contributed by atoms with Gasteiger partial charge in [-0.1, -0.05) is 6.07 Å². The molecule has 1 aromatic carbocycles. The number of thiazole rings is 1. The Hall–Kier alpha value is -2.97. The highest BCUT2D eigenvalue weighted by molar-refractivity contribution is 7.13. The van der Waals surface area contributed by atoms with Gasteiger partial charge in [-0.25, -0.2) is 9.97 Å². The van der Waals surface area contributed by atoms with Gasteiger partial charge < -0.3 is 20.3 Å². The lowest BCUT2D eigenvalue weighted by Crippen LogP contribution is -2.31. The number of aromatic nitrogens is 2. The smallest absolute Gasteiger partial charge is 0.251 e. The minimum Gasteiger partial charge on any atom is -0.457 e. The van der Waals surface area contributed by atoms with Gasteiger partial charge in [0.25, 0.3) is 5.91 Å². The van der Waals surface area contributed by atoms with E-state index in [-0.39, 0.29) is 5.91 Å². The van der Waals surface area contributed by atoms with Crippen LogP contribution in [-0.2, 0) is 0 Å². The summed E-state index contributed by atoms with van der Waals surface area (Å²) in [5.74, 6) is 1.73. The first-order valence-electron chi connectivity index (χ1n) is 8.85. The highest BCUT2D eigenvalue weighted by Gasteiger charge is 2.08. The van der Waals surface area contributed by atoms with E-state index in [9.17, 15) is 4.79 Å². The second-order valence-corrected chi connectivity index (χ2v) is 7.34. The molecular formula is C20H23N5O2S. The summed E-state index contributed by atoms with van der Waals surface area (Å²) in [6, 6.07) is 10.7. The standard InChI is InChI=1S/C20H23N5O2S/c1-14-13-28-20(23-14)24-18-12-17(7-8-21-18)27-16-6-4-5-15(11-16)19(26)22-9-10-25(2)3/h4-8,11-13H,9-10H2,1-3H3,(H,22,26)(H,21,23,24). The van der Waals surface area contributed by atoms with E-state index < -0.39 is 0 Å². The number of aryl methyl sites for hydroxylation is 1. The first kappa shape index (κ1) is 19.8. The maximum Gasteiger partial charge on any atom is 0.251 e. The van der Waals surface area contributed by atoms with Crippen molar-refractivity contribution in [3.63, 3.8) is 0 Å². The molecular weight excluding hydrogens is 374 g/mol. The molecule has 0 unspecified atom stereocenters. The minimum absolute atomic E-state index is 0.122. The number of ether oxygens (including phenoxy) is 1. The van der Waals surface area contributed by atoms with E-state index in [0.29, 0.717) is 29.4 Å². The maximum atomic E-state index is 12.3. The average molecular weight is 398 g/mol. The fraction of sp³-hybridized carbons (Fsp3) is 0.250. The van der Waals surface area contributed by atoms with Crippen LogP contribution in [0.2, 0.25) is 0 Å². The lowest BCUT2D eigenvalue weighted by molar-refractivity contribution is 0.0950. The number of hydrogen-bond acceptors (Lipinski definition) is 7. The Bertz CT molecular complexity index is 942. The highest BCUT2D eigenvalue weighted by Crippen LogP contribution is 2.26. The summed E-state index contributed by atoms with van der Waals surface area (Å²) in [5.41, 5.74) is 1.52. The fourth-order valence-corrected chi connectivity index (χ4v) is 3.09. The van der Waals surface area contributed by atoms with Crippen molar-refractivity contribution in [2.75, 3.05) is 32.5 Å². The number of pyridine rings is 1. The zero-order valence-electron chi connectivity index (χ0n) is 16.1. The molecule has 0 saturated heterocycles. The third kappa shape index (κ3) is 5.77. The quantitative estimate of drug-likeness (QED) is 0.604. The number of anilines is 2. The average Bonchev–Trinajstić information content (AvgIpc) is 3.06. The van der Waals surface area contributed by atoms with E-state index in [1.807, 2.05) is 37.4 Å². The largest absolute Gasteiger partial charge is 0.457 e. The topological polar surface area (TPSA) is 79.4 Å². The summed E-state index contributed by atoms with van der Waals surface area (Å²) < 4.78 is 5.91. The zero-order chi connectivity index (χ0) is 19.9. The molecule has 0 radical (unpaired) electrons. The molecule has 8 heteroatoms. The summed E-state index contributed by atoms with van der Waals surface area (Å²) in [6.07, 6.45) is 1.66. The van der Waals surface area contributed by atoms with E-state index in [1.165, 1.54) is 11.3 Å². The van der Waals surface area contributed by atoms with Crippen LogP contribution in [0.1, 0.15) is 16.1 Å². The van der Waals surface area contributed by atoms with Crippen LogP contribution >= 0.6 is 11.3 Å². The first-order chi connectivity index (χ1) is 13.5. The summed E-state index contributed by atoms with van der Waals surface area (Å²) in [5, 5.41) is 8.81. The van der Waals surface area contributed by atoms with Gasteiger partial charge in [0.2, 0.25) is 0 Å². The van der Waals surface area contributed by atoms with E-state index in [4.69, 9.17) is 4.74 Å². The van der Waals surface area contributed by atoms with E-state index >= 15 is 0 Å². The molecule has 1 amide bonds. The van der Waals surface area contributed by atoms with Gasteiger partial charge in [-0.3, -0.25) is 4.79 Å². The van der Waals surface area contributed by atoms with Crippen LogP contribution in [0.3, 0.4) is 0 Å².